The van der Waals surface area contributed by atoms with Gasteiger partial charge in [-0.3, -0.25) is 9.59 Å². The summed E-state index contributed by atoms with van der Waals surface area (Å²) >= 11 is 0. The number of ketones is 1. The lowest BCUT2D eigenvalue weighted by Gasteiger charge is -2.71. The highest BCUT2D eigenvalue weighted by molar-refractivity contribution is 5.85. The van der Waals surface area contributed by atoms with Crippen LogP contribution in [0.15, 0.2) is 11.6 Å². The molecule has 5 aliphatic carbocycles. The van der Waals surface area contributed by atoms with Crippen molar-refractivity contribution < 1.29 is 19.8 Å². The number of rotatable bonds is 1. The minimum Gasteiger partial charge on any atom is -0.481 e. The van der Waals surface area contributed by atoms with Crippen molar-refractivity contribution in [2.24, 2.45) is 50.2 Å². The predicted molar refractivity (Wildman–Crippen MR) is 133 cm³/mol. The van der Waals surface area contributed by atoms with Crippen molar-refractivity contribution in [3.63, 3.8) is 0 Å². The highest BCUT2D eigenvalue weighted by Gasteiger charge is 2.71. The van der Waals surface area contributed by atoms with Crippen molar-refractivity contribution in [2.75, 3.05) is 0 Å². The Labute approximate surface area is 206 Å². The van der Waals surface area contributed by atoms with Crippen molar-refractivity contribution in [3.8, 4) is 0 Å². The topological polar surface area (TPSA) is 74.6 Å². The van der Waals surface area contributed by atoms with E-state index < -0.39 is 22.9 Å². The van der Waals surface area contributed by atoms with Crippen LogP contribution in [0.5, 0.6) is 0 Å². The number of carbonyl (C=O) groups excluding carboxylic acids is 1. The lowest BCUT2D eigenvalue weighted by atomic mass is 9.33. The first kappa shape index (κ1) is 24.5. The summed E-state index contributed by atoms with van der Waals surface area (Å²) in [6.45, 7) is 15.9. The van der Waals surface area contributed by atoms with Gasteiger partial charge < -0.3 is 10.2 Å². The van der Waals surface area contributed by atoms with Gasteiger partial charge in [-0.2, -0.15) is 0 Å². The van der Waals surface area contributed by atoms with E-state index in [2.05, 4.69) is 54.5 Å². The molecule has 4 saturated carbocycles. The van der Waals surface area contributed by atoms with Gasteiger partial charge in [-0.25, -0.2) is 0 Å². The van der Waals surface area contributed by atoms with Crippen molar-refractivity contribution in [3.05, 3.63) is 11.6 Å². The molecule has 0 saturated heterocycles. The van der Waals surface area contributed by atoms with Crippen LogP contribution in [-0.2, 0) is 9.59 Å². The number of hydrogen-bond donors (Lipinski definition) is 2. The minimum absolute atomic E-state index is 0.00357. The van der Waals surface area contributed by atoms with Crippen LogP contribution in [0.3, 0.4) is 0 Å². The lowest BCUT2D eigenvalue weighted by molar-refractivity contribution is -0.227. The van der Waals surface area contributed by atoms with Crippen LogP contribution in [0.1, 0.15) is 106 Å². The second-order valence-electron chi connectivity index (χ2n) is 14.9. The SMILES string of the molecule is CC1(C)CC[C@]2(C(=O)O)CC[C@]3(C)C(=CC[C@@H]4[C@@]5(C)CCC(=O)C(C)(C)[C@@H]5C[C@@H](O)[C@]43C)[C@@H]2C1. The Morgan fingerprint density at radius 3 is 2.24 bits per heavy atom. The molecule has 0 radical (unpaired) electrons. The molecule has 5 aliphatic rings. The lowest BCUT2D eigenvalue weighted by Crippen LogP contribution is -2.68. The number of hydrogen-bond acceptors (Lipinski definition) is 3. The van der Waals surface area contributed by atoms with Crippen LogP contribution in [-0.4, -0.2) is 28.1 Å². The third-order valence-electron chi connectivity index (χ3n) is 12.9. The molecule has 0 aromatic heterocycles. The van der Waals surface area contributed by atoms with E-state index in [-0.39, 0.29) is 33.5 Å². The zero-order chi connectivity index (χ0) is 25.1. The zero-order valence-electron chi connectivity index (χ0n) is 22.5. The van der Waals surface area contributed by atoms with Gasteiger partial charge >= 0.3 is 5.97 Å². The summed E-state index contributed by atoms with van der Waals surface area (Å²) < 4.78 is 0. The summed E-state index contributed by atoms with van der Waals surface area (Å²) in [5, 5.41) is 22.4. The van der Waals surface area contributed by atoms with Crippen LogP contribution >= 0.6 is 0 Å². The van der Waals surface area contributed by atoms with E-state index in [0.29, 0.717) is 31.0 Å². The maximum atomic E-state index is 12.9. The van der Waals surface area contributed by atoms with Crippen LogP contribution in [0.25, 0.3) is 0 Å². The summed E-state index contributed by atoms with van der Waals surface area (Å²) in [5.41, 5.74) is -0.120. The molecule has 5 rings (SSSR count). The van der Waals surface area contributed by atoms with Crippen LogP contribution < -0.4 is 0 Å². The second-order valence-corrected chi connectivity index (χ2v) is 14.9. The number of allylic oxidation sites excluding steroid dienone is 2. The smallest absolute Gasteiger partial charge is 0.310 e. The molecule has 4 fully saturated rings. The predicted octanol–water partition coefficient (Wildman–Crippen LogP) is 6.41. The second kappa shape index (κ2) is 6.99. The minimum atomic E-state index is -0.657. The molecule has 0 amide bonds. The Balaban J connectivity index is 1.64. The molecule has 0 unspecified atom stereocenters. The zero-order valence-corrected chi connectivity index (χ0v) is 22.5. The molecule has 8 atom stereocenters. The summed E-state index contributed by atoms with van der Waals surface area (Å²) in [5.74, 6) is 0.253. The molecule has 0 aromatic rings. The Kier molecular flexibility index (Phi) is 5.04. The molecule has 4 nitrogen and oxygen atoms in total. The van der Waals surface area contributed by atoms with E-state index in [4.69, 9.17) is 0 Å². The molecule has 190 valence electrons. The quantitative estimate of drug-likeness (QED) is 0.434. The van der Waals surface area contributed by atoms with E-state index in [0.717, 1.165) is 38.5 Å². The first-order valence-corrected chi connectivity index (χ1v) is 13.7. The molecule has 0 heterocycles. The van der Waals surface area contributed by atoms with Crippen LogP contribution in [0.4, 0.5) is 0 Å². The fourth-order valence-corrected chi connectivity index (χ4v) is 10.4. The fourth-order valence-electron chi connectivity index (χ4n) is 10.4. The average molecular weight is 471 g/mol. The average Bonchev–Trinajstić information content (AvgIpc) is 2.74. The number of carboxylic acid groups (broad SMARTS) is 1. The molecular formula is C30H46O4. The van der Waals surface area contributed by atoms with Gasteiger partial charge in [0.15, 0.2) is 0 Å². The number of carbonyl (C=O) groups is 2. The number of aliphatic hydroxyl groups excluding tert-OH is 1. The molecule has 2 N–H and O–H groups in total. The fraction of sp³-hybridized carbons (Fsp3) is 0.867. The number of carboxylic acids is 1. The summed E-state index contributed by atoms with van der Waals surface area (Å²) in [7, 11) is 0. The number of fused-ring (bicyclic) bond motifs is 7. The van der Waals surface area contributed by atoms with Gasteiger partial charge in [0, 0.05) is 17.3 Å². The molecule has 0 aromatic carbocycles. The Bertz CT molecular complexity index is 961. The monoisotopic (exact) mass is 470 g/mol. The van der Waals surface area contributed by atoms with E-state index in [1.807, 2.05) is 0 Å². The maximum Gasteiger partial charge on any atom is 0.310 e. The summed E-state index contributed by atoms with van der Waals surface area (Å²) in [6.07, 6.45) is 9.22. The number of aliphatic hydroxyl groups is 1. The van der Waals surface area contributed by atoms with Crippen molar-refractivity contribution in [1.29, 1.82) is 0 Å². The number of Topliss-reactive ketones (excluding diaryl/α,β-unsaturated/α-hetero) is 1. The third-order valence-corrected chi connectivity index (χ3v) is 12.9. The molecule has 0 bridgehead atoms. The van der Waals surface area contributed by atoms with Gasteiger partial charge in [-0.15, -0.1) is 0 Å². The standard InChI is InChI=1S/C30H46O4/c1-25(2)12-14-30(24(33)34)15-13-28(6)18(19(30)17-25)8-9-20-27(5)11-10-22(31)26(3,4)21(27)16-23(32)29(20,28)7/h8,19-21,23,32H,9-17H2,1-7H3,(H,33,34)/t19-,20+,21-,23+,27+,28+,29-,30-/m0/s1. The Morgan fingerprint density at radius 2 is 1.59 bits per heavy atom. The normalized spacial score (nSPS) is 51.3. The van der Waals surface area contributed by atoms with Gasteiger partial charge in [0.2, 0.25) is 0 Å². The molecule has 0 spiro atoms. The van der Waals surface area contributed by atoms with Gasteiger partial charge in [0.25, 0.3) is 0 Å². The van der Waals surface area contributed by atoms with Gasteiger partial charge in [0.1, 0.15) is 5.78 Å². The highest BCUT2D eigenvalue weighted by atomic mass is 16.4. The maximum absolute atomic E-state index is 12.9. The molecular weight excluding hydrogens is 424 g/mol. The van der Waals surface area contributed by atoms with Gasteiger partial charge in [-0.1, -0.05) is 60.1 Å². The van der Waals surface area contributed by atoms with E-state index in [1.54, 1.807) is 0 Å². The third kappa shape index (κ3) is 2.75. The van der Waals surface area contributed by atoms with Crippen molar-refractivity contribution in [2.45, 2.75) is 112 Å². The number of aliphatic carboxylic acids is 1. The molecule has 4 heteroatoms. The van der Waals surface area contributed by atoms with Gasteiger partial charge in [0.05, 0.1) is 11.5 Å². The molecule has 0 aliphatic heterocycles. The van der Waals surface area contributed by atoms with Gasteiger partial charge in [-0.05, 0) is 85.4 Å². The van der Waals surface area contributed by atoms with Crippen LogP contribution in [0.2, 0.25) is 0 Å². The summed E-state index contributed by atoms with van der Waals surface area (Å²) in [4.78, 5) is 25.7. The first-order chi connectivity index (χ1) is 15.6. The van der Waals surface area contributed by atoms with Crippen molar-refractivity contribution >= 4 is 11.8 Å². The van der Waals surface area contributed by atoms with E-state index in [1.165, 1.54) is 5.57 Å². The van der Waals surface area contributed by atoms with Crippen LogP contribution in [0, 0.1) is 50.2 Å². The largest absolute Gasteiger partial charge is 0.481 e. The first-order valence-electron chi connectivity index (χ1n) is 13.7. The Hall–Kier alpha value is -1.16. The van der Waals surface area contributed by atoms with Crippen molar-refractivity contribution in [1.82, 2.24) is 0 Å². The molecule has 34 heavy (non-hydrogen) atoms. The highest BCUT2D eigenvalue weighted by Crippen LogP contribution is 2.75. The summed E-state index contributed by atoms with van der Waals surface area (Å²) in [6, 6.07) is 0. The Morgan fingerprint density at radius 1 is 0.941 bits per heavy atom. The van der Waals surface area contributed by atoms with E-state index >= 15 is 0 Å². The van der Waals surface area contributed by atoms with E-state index in [9.17, 15) is 19.8 Å².